The summed E-state index contributed by atoms with van der Waals surface area (Å²) in [6, 6.07) is 6.98. The van der Waals surface area contributed by atoms with Crippen LogP contribution in [-0.4, -0.2) is 30.1 Å². The molecular weight excluding hydrogens is 270 g/mol. The molecule has 19 heavy (non-hydrogen) atoms. The molecular formula is C13H16ClNO4. The third kappa shape index (κ3) is 7.31. The molecule has 1 aromatic rings. The molecule has 0 atom stereocenters. The minimum absolute atomic E-state index is 0.0625. The Morgan fingerprint density at radius 2 is 1.89 bits per heavy atom. The maximum atomic E-state index is 11.3. The molecule has 0 saturated carbocycles. The van der Waals surface area contributed by atoms with Crippen LogP contribution in [0.15, 0.2) is 24.3 Å². The Bertz CT molecular complexity index is 419. The molecule has 0 aliphatic heterocycles. The minimum Gasteiger partial charge on any atom is -0.494 e. The van der Waals surface area contributed by atoms with E-state index in [0.29, 0.717) is 30.2 Å². The van der Waals surface area contributed by atoms with Crippen molar-refractivity contribution in [3.05, 3.63) is 29.3 Å². The van der Waals surface area contributed by atoms with E-state index in [1.54, 1.807) is 24.3 Å². The summed E-state index contributed by atoms with van der Waals surface area (Å²) >= 11 is 5.74. The van der Waals surface area contributed by atoms with Crippen LogP contribution >= 0.6 is 11.6 Å². The number of halogens is 1. The predicted molar refractivity (Wildman–Crippen MR) is 71.4 cm³/mol. The number of hydrogen-bond acceptors (Lipinski definition) is 3. The van der Waals surface area contributed by atoms with Gasteiger partial charge in [-0.15, -0.1) is 0 Å². The van der Waals surface area contributed by atoms with Crippen molar-refractivity contribution < 1.29 is 19.4 Å². The zero-order chi connectivity index (χ0) is 14.1. The molecule has 0 unspecified atom stereocenters. The van der Waals surface area contributed by atoms with E-state index < -0.39 is 5.97 Å². The summed E-state index contributed by atoms with van der Waals surface area (Å²) in [5, 5.41) is 11.6. The highest BCUT2D eigenvalue weighted by molar-refractivity contribution is 6.30. The normalized spacial score (nSPS) is 9.95. The van der Waals surface area contributed by atoms with Crippen LogP contribution in [0.5, 0.6) is 5.75 Å². The van der Waals surface area contributed by atoms with Crippen LogP contribution in [0.4, 0.5) is 0 Å². The van der Waals surface area contributed by atoms with Crippen LogP contribution in [-0.2, 0) is 9.59 Å². The molecule has 0 aliphatic carbocycles. The molecule has 1 rings (SSSR count). The number of carbonyl (C=O) groups excluding carboxylic acids is 1. The molecule has 0 aromatic heterocycles. The fraction of sp³-hybridized carbons (Fsp3) is 0.385. The van der Waals surface area contributed by atoms with Gasteiger partial charge in [0.2, 0.25) is 5.91 Å². The third-order valence-electron chi connectivity index (χ3n) is 2.29. The monoisotopic (exact) mass is 285 g/mol. The smallest absolute Gasteiger partial charge is 0.305 e. The van der Waals surface area contributed by atoms with Crippen LogP contribution in [0.25, 0.3) is 0 Å². The maximum Gasteiger partial charge on any atom is 0.305 e. The van der Waals surface area contributed by atoms with Gasteiger partial charge >= 0.3 is 5.97 Å². The Morgan fingerprint density at radius 1 is 1.21 bits per heavy atom. The van der Waals surface area contributed by atoms with Gasteiger partial charge in [0.05, 0.1) is 13.0 Å². The fourth-order valence-corrected chi connectivity index (χ4v) is 1.48. The van der Waals surface area contributed by atoms with Gasteiger partial charge in [-0.25, -0.2) is 0 Å². The number of hydrogen-bond donors (Lipinski definition) is 2. The number of aliphatic carboxylic acids is 1. The van der Waals surface area contributed by atoms with Crippen molar-refractivity contribution in [2.45, 2.75) is 19.3 Å². The first-order valence-electron chi connectivity index (χ1n) is 5.95. The largest absolute Gasteiger partial charge is 0.494 e. The lowest BCUT2D eigenvalue weighted by Crippen LogP contribution is -2.26. The summed E-state index contributed by atoms with van der Waals surface area (Å²) in [7, 11) is 0. The summed E-state index contributed by atoms with van der Waals surface area (Å²) in [4.78, 5) is 21.5. The first-order valence-corrected chi connectivity index (χ1v) is 6.32. The first kappa shape index (κ1) is 15.3. The lowest BCUT2D eigenvalue weighted by atomic mass is 10.3. The minimum atomic E-state index is -0.925. The van der Waals surface area contributed by atoms with E-state index in [2.05, 4.69) is 5.32 Å². The summed E-state index contributed by atoms with van der Waals surface area (Å²) in [5.74, 6) is -0.386. The van der Waals surface area contributed by atoms with Gasteiger partial charge in [-0.1, -0.05) is 11.6 Å². The topological polar surface area (TPSA) is 75.6 Å². The average molecular weight is 286 g/mol. The Balaban J connectivity index is 2.08. The van der Waals surface area contributed by atoms with Gasteiger partial charge in [-0.3, -0.25) is 9.59 Å². The van der Waals surface area contributed by atoms with Crippen molar-refractivity contribution in [2.24, 2.45) is 0 Å². The molecule has 2 N–H and O–H groups in total. The molecule has 6 heteroatoms. The SMILES string of the molecule is O=C(O)CCNC(=O)CCCOc1ccc(Cl)cc1. The van der Waals surface area contributed by atoms with Crippen molar-refractivity contribution in [3.63, 3.8) is 0 Å². The van der Waals surface area contributed by atoms with Gasteiger partial charge in [0.15, 0.2) is 0 Å². The highest BCUT2D eigenvalue weighted by Gasteiger charge is 2.03. The first-order chi connectivity index (χ1) is 9.08. The standard InChI is InChI=1S/C13H16ClNO4/c14-10-3-5-11(6-4-10)19-9-1-2-12(16)15-8-7-13(17)18/h3-6H,1-2,7-9H2,(H,15,16)(H,17,18). The quantitative estimate of drug-likeness (QED) is 0.717. The maximum absolute atomic E-state index is 11.3. The zero-order valence-electron chi connectivity index (χ0n) is 10.4. The third-order valence-corrected chi connectivity index (χ3v) is 2.54. The van der Waals surface area contributed by atoms with Crippen molar-refractivity contribution >= 4 is 23.5 Å². The molecule has 0 radical (unpaired) electrons. The molecule has 0 bridgehead atoms. The van der Waals surface area contributed by atoms with Crippen LogP contribution in [0, 0.1) is 0 Å². The molecule has 1 amide bonds. The van der Waals surface area contributed by atoms with Gasteiger partial charge in [-0.05, 0) is 30.7 Å². The molecule has 5 nitrogen and oxygen atoms in total. The van der Waals surface area contributed by atoms with Crippen LogP contribution in [0.1, 0.15) is 19.3 Å². The number of carboxylic acid groups (broad SMARTS) is 1. The summed E-state index contributed by atoms with van der Waals surface area (Å²) in [6.07, 6.45) is 0.821. The highest BCUT2D eigenvalue weighted by atomic mass is 35.5. The summed E-state index contributed by atoms with van der Waals surface area (Å²) in [5.41, 5.74) is 0. The van der Waals surface area contributed by atoms with E-state index in [1.165, 1.54) is 0 Å². The number of carboxylic acids is 1. The van der Waals surface area contributed by atoms with Gasteiger partial charge < -0.3 is 15.2 Å². The second-order valence-electron chi connectivity index (χ2n) is 3.90. The van der Waals surface area contributed by atoms with Gasteiger partial charge in [0.1, 0.15) is 5.75 Å². The molecule has 0 saturated heterocycles. The fourth-order valence-electron chi connectivity index (χ4n) is 1.35. The van der Waals surface area contributed by atoms with E-state index in [1.807, 2.05) is 0 Å². The van der Waals surface area contributed by atoms with E-state index in [4.69, 9.17) is 21.4 Å². The zero-order valence-corrected chi connectivity index (χ0v) is 11.2. The number of ether oxygens (including phenoxy) is 1. The van der Waals surface area contributed by atoms with Gasteiger partial charge in [0.25, 0.3) is 0 Å². The average Bonchev–Trinajstić information content (AvgIpc) is 2.36. The number of carbonyl (C=O) groups is 2. The van der Waals surface area contributed by atoms with E-state index in [9.17, 15) is 9.59 Å². The molecule has 104 valence electrons. The molecule has 0 spiro atoms. The highest BCUT2D eigenvalue weighted by Crippen LogP contribution is 2.15. The Hall–Kier alpha value is -1.75. The molecule has 0 fully saturated rings. The Kier molecular flexibility index (Phi) is 6.74. The van der Waals surface area contributed by atoms with Crippen LogP contribution < -0.4 is 10.1 Å². The number of amides is 1. The van der Waals surface area contributed by atoms with Crippen molar-refractivity contribution in [1.29, 1.82) is 0 Å². The van der Waals surface area contributed by atoms with E-state index in [-0.39, 0.29) is 18.9 Å². The molecule has 1 aromatic carbocycles. The molecule has 0 heterocycles. The van der Waals surface area contributed by atoms with E-state index in [0.717, 1.165) is 0 Å². The van der Waals surface area contributed by atoms with Crippen molar-refractivity contribution in [2.75, 3.05) is 13.2 Å². The number of rotatable bonds is 8. The summed E-state index contributed by atoms with van der Waals surface area (Å²) < 4.78 is 5.42. The van der Waals surface area contributed by atoms with Crippen molar-refractivity contribution in [3.8, 4) is 5.75 Å². The predicted octanol–water partition coefficient (Wildman–Crippen LogP) is 2.09. The van der Waals surface area contributed by atoms with Crippen molar-refractivity contribution in [1.82, 2.24) is 5.32 Å². The molecule has 0 aliphatic rings. The van der Waals surface area contributed by atoms with E-state index >= 15 is 0 Å². The van der Waals surface area contributed by atoms with Gasteiger partial charge in [0, 0.05) is 18.0 Å². The van der Waals surface area contributed by atoms with Crippen LogP contribution in [0.2, 0.25) is 5.02 Å². The Labute approximate surface area is 116 Å². The Morgan fingerprint density at radius 3 is 2.53 bits per heavy atom. The second-order valence-corrected chi connectivity index (χ2v) is 4.34. The lowest BCUT2D eigenvalue weighted by molar-refractivity contribution is -0.136. The van der Waals surface area contributed by atoms with Gasteiger partial charge in [-0.2, -0.15) is 0 Å². The second kappa shape index (κ2) is 8.37. The number of nitrogens with one attached hydrogen (secondary N) is 1. The van der Waals surface area contributed by atoms with Crippen LogP contribution in [0.3, 0.4) is 0 Å². The number of benzene rings is 1. The lowest BCUT2D eigenvalue weighted by Gasteiger charge is -2.06. The summed E-state index contributed by atoms with van der Waals surface area (Å²) in [6.45, 7) is 0.584.